The summed E-state index contributed by atoms with van der Waals surface area (Å²) in [6, 6.07) is 11.4. The molecular weight excluding hydrogens is 276 g/mol. The van der Waals surface area contributed by atoms with E-state index in [9.17, 15) is 4.79 Å². The molecule has 0 aliphatic carbocycles. The second kappa shape index (κ2) is 5.26. The maximum absolute atomic E-state index is 12.3. The standard InChI is InChI=1S/C17H16N4O/c22-17(19-11-13-4-1-2-8-18-13)12-6-7-14-15(10-12)21-9-3-5-16(21)20-14/h1-2,4,6-8,10H,3,5,9,11H2,(H,19,22). The average molecular weight is 292 g/mol. The van der Waals surface area contributed by atoms with Gasteiger partial charge in [0.1, 0.15) is 5.82 Å². The summed E-state index contributed by atoms with van der Waals surface area (Å²) in [6.45, 7) is 1.42. The number of nitrogens with one attached hydrogen (secondary N) is 1. The number of pyridine rings is 1. The minimum absolute atomic E-state index is 0.0823. The minimum Gasteiger partial charge on any atom is -0.346 e. The number of carbonyl (C=O) groups excluding carboxylic acids is 1. The highest BCUT2D eigenvalue weighted by Gasteiger charge is 2.17. The highest BCUT2D eigenvalue weighted by molar-refractivity contribution is 5.97. The lowest BCUT2D eigenvalue weighted by atomic mass is 10.2. The molecule has 0 fully saturated rings. The molecule has 0 bridgehead atoms. The number of benzene rings is 1. The monoisotopic (exact) mass is 292 g/mol. The molecule has 0 spiro atoms. The van der Waals surface area contributed by atoms with Gasteiger partial charge >= 0.3 is 0 Å². The topological polar surface area (TPSA) is 59.8 Å². The molecule has 1 N–H and O–H groups in total. The van der Waals surface area contributed by atoms with Gasteiger partial charge in [0, 0.05) is 24.7 Å². The lowest BCUT2D eigenvalue weighted by Gasteiger charge is -2.06. The van der Waals surface area contributed by atoms with Crippen molar-refractivity contribution in [1.29, 1.82) is 0 Å². The number of carbonyl (C=O) groups is 1. The number of nitrogens with zero attached hydrogens (tertiary/aromatic N) is 3. The molecule has 5 nitrogen and oxygen atoms in total. The summed E-state index contributed by atoms with van der Waals surface area (Å²) >= 11 is 0. The molecule has 1 amide bonds. The van der Waals surface area contributed by atoms with Gasteiger partial charge in [-0.1, -0.05) is 6.07 Å². The molecule has 3 heterocycles. The number of imidazole rings is 1. The van der Waals surface area contributed by atoms with Crippen LogP contribution in [0.25, 0.3) is 11.0 Å². The summed E-state index contributed by atoms with van der Waals surface area (Å²) in [6.07, 6.45) is 3.88. The highest BCUT2D eigenvalue weighted by Crippen LogP contribution is 2.23. The van der Waals surface area contributed by atoms with Gasteiger partial charge in [-0.3, -0.25) is 9.78 Å². The Morgan fingerprint density at radius 2 is 2.23 bits per heavy atom. The first kappa shape index (κ1) is 13.0. The number of hydrogen-bond donors (Lipinski definition) is 1. The molecule has 1 aliphatic heterocycles. The normalized spacial score (nSPS) is 13.3. The zero-order valence-corrected chi connectivity index (χ0v) is 12.1. The van der Waals surface area contributed by atoms with Crippen molar-refractivity contribution in [1.82, 2.24) is 19.9 Å². The van der Waals surface area contributed by atoms with Crippen molar-refractivity contribution in [2.45, 2.75) is 25.9 Å². The Morgan fingerprint density at radius 1 is 1.27 bits per heavy atom. The van der Waals surface area contributed by atoms with Crippen LogP contribution >= 0.6 is 0 Å². The van der Waals surface area contributed by atoms with Crippen LogP contribution in [-0.2, 0) is 19.5 Å². The molecule has 22 heavy (non-hydrogen) atoms. The van der Waals surface area contributed by atoms with Crippen LogP contribution in [0.3, 0.4) is 0 Å². The predicted octanol–water partition coefficient (Wildman–Crippen LogP) is 2.31. The summed E-state index contributed by atoms with van der Waals surface area (Å²) in [5, 5.41) is 2.91. The van der Waals surface area contributed by atoms with Crippen LogP contribution in [0.5, 0.6) is 0 Å². The van der Waals surface area contributed by atoms with Crippen molar-refractivity contribution in [2.75, 3.05) is 0 Å². The van der Waals surface area contributed by atoms with E-state index < -0.39 is 0 Å². The number of rotatable bonds is 3. The Balaban J connectivity index is 1.57. The van der Waals surface area contributed by atoms with Crippen molar-refractivity contribution >= 4 is 16.9 Å². The van der Waals surface area contributed by atoms with Gasteiger partial charge < -0.3 is 9.88 Å². The molecule has 4 rings (SSSR count). The van der Waals surface area contributed by atoms with Gasteiger partial charge in [0.05, 0.1) is 23.3 Å². The smallest absolute Gasteiger partial charge is 0.251 e. The van der Waals surface area contributed by atoms with E-state index in [0.29, 0.717) is 12.1 Å². The molecule has 1 aromatic carbocycles. The number of aromatic nitrogens is 3. The van der Waals surface area contributed by atoms with E-state index in [0.717, 1.165) is 41.9 Å². The average Bonchev–Trinajstić information content (AvgIpc) is 3.14. The van der Waals surface area contributed by atoms with Crippen molar-refractivity contribution < 1.29 is 4.79 Å². The predicted molar refractivity (Wildman–Crippen MR) is 83.5 cm³/mol. The first-order valence-electron chi connectivity index (χ1n) is 7.48. The summed E-state index contributed by atoms with van der Waals surface area (Å²) < 4.78 is 2.21. The number of fused-ring (bicyclic) bond motifs is 3. The summed E-state index contributed by atoms with van der Waals surface area (Å²) in [7, 11) is 0. The molecule has 0 atom stereocenters. The Kier molecular flexibility index (Phi) is 3.11. The number of amides is 1. The molecule has 0 saturated carbocycles. The van der Waals surface area contributed by atoms with E-state index in [1.165, 1.54) is 0 Å². The van der Waals surface area contributed by atoms with Crippen LogP contribution in [0.2, 0.25) is 0 Å². The molecular formula is C17H16N4O. The molecule has 2 aromatic heterocycles. The molecule has 1 aliphatic rings. The first-order valence-corrected chi connectivity index (χ1v) is 7.48. The van der Waals surface area contributed by atoms with Crippen molar-refractivity contribution in [3.8, 4) is 0 Å². The second-order valence-electron chi connectivity index (χ2n) is 5.49. The summed E-state index contributed by atoms with van der Waals surface area (Å²) in [5.74, 6) is 1.04. The van der Waals surface area contributed by atoms with Gasteiger partial charge in [0.15, 0.2) is 0 Å². The van der Waals surface area contributed by atoms with E-state index in [-0.39, 0.29) is 5.91 Å². The zero-order valence-electron chi connectivity index (χ0n) is 12.1. The molecule has 3 aromatic rings. The van der Waals surface area contributed by atoms with Gasteiger partial charge in [-0.25, -0.2) is 4.98 Å². The zero-order chi connectivity index (χ0) is 14.9. The minimum atomic E-state index is -0.0823. The van der Waals surface area contributed by atoms with E-state index >= 15 is 0 Å². The quantitative estimate of drug-likeness (QED) is 0.806. The Labute approximate surface area is 128 Å². The van der Waals surface area contributed by atoms with Crippen LogP contribution in [0.15, 0.2) is 42.6 Å². The SMILES string of the molecule is O=C(NCc1ccccn1)c1ccc2nc3n(c2c1)CCC3. The molecule has 5 heteroatoms. The lowest BCUT2D eigenvalue weighted by molar-refractivity contribution is 0.0950. The molecule has 0 saturated heterocycles. The van der Waals surface area contributed by atoms with E-state index in [2.05, 4.69) is 19.9 Å². The van der Waals surface area contributed by atoms with Gasteiger partial charge in [0.2, 0.25) is 0 Å². The third-order valence-electron chi connectivity index (χ3n) is 4.03. The first-order chi connectivity index (χ1) is 10.8. The Hall–Kier alpha value is -2.69. The van der Waals surface area contributed by atoms with Crippen LogP contribution in [0.4, 0.5) is 0 Å². The second-order valence-corrected chi connectivity index (χ2v) is 5.49. The van der Waals surface area contributed by atoms with Gasteiger partial charge in [-0.05, 0) is 36.8 Å². The maximum Gasteiger partial charge on any atom is 0.251 e. The van der Waals surface area contributed by atoms with Crippen LogP contribution in [0.1, 0.15) is 28.3 Å². The van der Waals surface area contributed by atoms with E-state index in [1.807, 2.05) is 36.4 Å². The van der Waals surface area contributed by atoms with Crippen LogP contribution < -0.4 is 5.32 Å². The summed E-state index contributed by atoms with van der Waals surface area (Å²) in [5.41, 5.74) is 3.54. The van der Waals surface area contributed by atoms with Crippen LogP contribution in [-0.4, -0.2) is 20.4 Å². The van der Waals surface area contributed by atoms with Crippen molar-refractivity contribution in [2.24, 2.45) is 0 Å². The third-order valence-corrected chi connectivity index (χ3v) is 4.03. The number of aryl methyl sites for hydroxylation is 2. The van der Waals surface area contributed by atoms with Crippen molar-refractivity contribution in [3.63, 3.8) is 0 Å². The molecule has 110 valence electrons. The van der Waals surface area contributed by atoms with Gasteiger partial charge in [-0.2, -0.15) is 0 Å². The Bertz CT molecular complexity index is 838. The number of hydrogen-bond acceptors (Lipinski definition) is 3. The fourth-order valence-corrected chi connectivity index (χ4v) is 2.93. The maximum atomic E-state index is 12.3. The molecule has 0 unspecified atom stereocenters. The highest BCUT2D eigenvalue weighted by atomic mass is 16.1. The molecule has 0 radical (unpaired) electrons. The van der Waals surface area contributed by atoms with Gasteiger partial charge in [0.25, 0.3) is 5.91 Å². The van der Waals surface area contributed by atoms with E-state index in [1.54, 1.807) is 6.20 Å². The lowest BCUT2D eigenvalue weighted by Crippen LogP contribution is -2.23. The third kappa shape index (κ3) is 2.24. The summed E-state index contributed by atoms with van der Waals surface area (Å²) in [4.78, 5) is 21.1. The Morgan fingerprint density at radius 3 is 3.09 bits per heavy atom. The van der Waals surface area contributed by atoms with E-state index in [4.69, 9.17) is 0 Å². The van der Waals surface area contributed by atoms with Crippen molar-refractivity contribution in [3.05, 3.63) is 59.7 Å². The fourth-order valence-electron chi connectivity index (χ4n) is 2.93. The van der Waals surface area contributed by atoms with Crippen LogP contribution in [0, 0.1) is 0 Å². The van der Waals surface area contributed by atoms with Gasteiger partial charge in [-0.15, -0.1) is 0 Å². The largest absolute Gasteiger partial charge is 0.346 e. The fraction of sp³-hybridized carbons (Fsp3) is 0.235.